The van der Waals surface area contributed by atoms with Crippen molar-refractivity contribution in [1.29, 1.82) is 0 Å². The number of amides is 1. The summed E-state index contributed by atoms with van der Waals surface area (Å²) in [5.74, 6) is 0.809. The zero-order valence-corrected chi connectivity index (χ0v) is 13.0. The highest BCUT2D eigenvalue weighted by atomic mass is 16.5. The minimum atomic E-state index is 0.0177. The van der Waals surface area contributed by atoms with Crippen molar-refractivity contribution < 1.29 is 9.32 Å². The molecule has 0 bridgehead atoms. The number of hydrogen-bond donors (Lipinski definition) is 2. The predicted molar refractivity (Wildman–Crippen MR) is 80.1 cm³/mol. The Morgan fingerprint density at radius 2 is 2.36 bits per heavy atom. The van der Waals surface area contributed by atoms with Gasteiger partial charge in [0, 0.05) is 25.1 Å². The molecule has 0 fully saturated rings. The van der Waals surface area contributed by atoms with Crippen molar-refractivity contribution in [3.05, 3.63) is 34.5 Å². The van der Waals surface area contributed by atoms with Crippen molar-refractivity contribution >= 4 is 5.91 Å². The number of nitrogens with zero attached hydrogens (tertiary/aromatic N) is 3. The number of aromatic nitrogens is 3. The van der Waals surface area contributed by atoms with E-state index < -0.39 is 0 Å². The van der Waals surface area contributed by atoms with Crippen molar-refractivity contribution in [2.45, 2.75) is 46.3 Å². The van der Waals surface area contributed by atoms with Crippen LogP contribution in [0.2, 0.25) is 0 Å². The van der Waals surface area contributed by atoms with Crippen LogP contribution in [0.5, 0.6) is 0 Å². The van der Waals surface area contributed by atoms with E-state index in [0.29, 0.717) is 19.4 Å². The molecule has 0 spiro atoms. The van der Waals surface area contributed by atoms with Gasteiger partial charge in [-0.2, -0.15) is 5.10 Å². The van der Waals surface area contributed by atoms with Gasteiger partial charge >= 0.3 is 0 Å². The Bertz CT molecular complexity index is 631. The van der Waals surface area contributed by atoms with Crippen molar-refractivity contribution in [1.82, 2.24) is 25.6 Å². The number of aryl methyl sites for hydroxylation is 2. The lowest BCUT2D eigenvalue weighted by Gasteiger charge is -2.13. The summed E-state index contributed by atoms with van der Waals surface area (Å²) < 4.78 is 7.10. The molecular formula is C15H21N5O2. The largest absolute Gasteiger partial charge is 0.361 e. The number of rotatable bonds is 5. The Balaban J connectivity index is 1.49. The van der Waals surface area contributed by atoms with Crippen LogP contribution in [-0.4, -0.2) is 27.4 Å². The van der Waals surface area contributed by atoms with Crippen molar-refractivity contribution in [3.8, 4) is 0 Å². The predicted octanol–water partition coefficient (Wildman–Crippen LogP) is 0.840. The van der Waals surface area contributed by atoms with Gasteiger partial charge in [0.1, 0.15) is 5.76 Å². The SMILES string of the molecule is Cc1noc(C)c1CCC(=O)NCc1cc2n(n1)CCNC2. The van der Waals surface area contributed by atoms with Crippen LogP contribution < -0.4 is 10.6 Å². The van der Waals surface area contributed by atoms with E-state index in [2.05, 4.69) is 20.9 Å². The molecule has 118 valence electrons. The summed E-state index contributed by atoms with van der Waals surface area (Å²) in [6.07, 6.45) is 1.08. The zero-order valence-electron chi connectivity index (χ0n) is 13.0. The molecule has 1 aliphatic heterocycles. The van der Waals surface area contributed by atoms with Crippen LogP contribution in [0.15, 0.2) is 10.6 Å². The first-order valence-electron chi connectivity index (χ1n) is 7.58. The van der Waals surface area contributed by atoms with E-state index in [1.54, 1.807) is 0 Å². The molecule has 0 unspecified atom stereocenters. The highest BCUT2D eigenvalue weighted by molar-refractivity contribution is 5.76. The third kappa shape index (κ3) is 3.19. The minimum Gasteiger partial charge on any atom is -0.361 e. The molecule has 3 rings (SSSR count). The molecule has 0 aromatic carbocycles. The maximum atomic E-state index is 12.0. The maximum Gasteiger partial charge on any atom is 0.220 e. The van der Waals surface area contributed by atoms with Crippen LogP contribution in [0.3, 0.4) is 0 Å². The monoisotopic (exact) mass is 303 g/mol. The van der Waals surface area contributed by atoms with Gasteiger partial charge in [-0.05, 0) is 26.3 Å². The second-order valence-electron chi connectivity index (χ2n) is 5.61. The maximum absolute atomic E-state index is 12.0. The van der Waals surface area contributed by atoms with Crippen LogP contribution in [0.25, 0.3) is 0 Å². The van der Waals surface area contributed by atoms with Crippen LogP contribution in [0, 0.1) is 13.8 Å². The summed E-state index contributed by atoms with van der Waals surface area (Å²) >= 11 is 0. The Labute approximate surface area is 129 Å². The molecule has 7 heteroatoms. The lowest BCUT2D eigenvalue weighted by atomic mass is 10.1. The summed E-state index contributed by atoms with van der Waals surface area (Å²) in [6.45, 7) is 6.91. The highest BCUT2D eigenvalue weighted by Crippen LogP contribution is 2.14. The fourth-order valence-corrected chi connectivity index (χ4v) is 2.71. The van der Waals surface area contributed by atoms with Crippen LogP contribution in [-0.2, 0) is 30.8 Å². The third-order valence-corrected chi connectivity index (χ3v) is 3.97. The molecule has 2 N–H and O–H groups in total. The Kier molecular flexibility index (Phi) is 4.24. The van der Waals surface area contributed by atoms with Crippen molar-refractivity contribution in [3.63, 3.8) is 0 Å². The summed E-state index contributed by atoms with van der Waals surface area (Å²) in [6, 6.07) is 2.04. The van der Waals surface area contributed by atoms with Gasteiger partial charge in [0.2, 0.25) is 5.91 Å². The molecule has 2 aromatic heterocycles. The quantitative estimate of drug-likeness (QED) is 0.855. The number of carbonyl (C=O) groups is 1. The zero-order chi connectivity index (χ0) is 15.5. The second-order valence-corrected chi connectivity index (χ2v) is 5.61. The standard InChI is InChI=1S/C15H21N5O2/c1-10-14(11(2)22-19-10)3-4-15(21)17-8-12-7-13-9-16-5-6-20(13)18-12/h7,16H,3-6,8-9H2,1-2H3,(H,17,21). The molecule has 0 radical (unpaired) electrons. The average Bonchev–Trinajstić information content (AvgIpc) is 3.07. The Morgan fingerprint density at radius 3 is 3.09 bits per heavy atom. The van der Waals surface area contributed by atoms with Gasteiger partial charge in [-0.1, -0.05) is 5.16 Å². The number of fused-ring (bicyclic) bond motifs is 1. The van der Waals surface area contributed by atoms with Crippen LogP contribution in [0.4, 0.5) is 0 Å². The first-order chi connectivity index (χ1) is 10.6. The fourth-order valence-electron chi connectivity index (χ4n) is 2.71. The van der Waals surface area contributed by atoms with E-state index in [1.807, 2.05) is 24.6 Å². The van der Waals surface area contributed by atoms with E-state index in [1.165, 1.54) is 5.69 Å². The minimum absolute atomic E-state index is 0.0177. The summed E-state index contributed by atoms with van der Waals surface area (Å²) in [4.78, 5) is 12.0. The first kappa shape index (κ1) is 14.8. The molecule has 1 amide bonds. The Hall–Kier alpha value is -2.15. The molecule has 1 aliphatic rings. The molecule has 3 heterocycles. The smallest absolute Gasteiger partial charge is 0.220 e. The van der Waals surface area contributed by atoms with Crippen molar-refractivity contribution in [2.24, 2.45) is 0 Å². The van der Waals surface area contributed by atoms with Gasteiger partial charge in [-0.25, -0.2) is 0 Å². The molecule has 22 heavy (non-hydrogen) atoms. The van der Waals surface area contributed by atoms with Gasteiger partial charge in [-0.15, -0.1) is 0 Å². The van der Waals surface area contributed by atoms with Gasteiger partial charge in [0.15, 0.2) is 0 Å². The van der Waals surface area contributed by atoms with Gasteiger partial charge in [0.05, 0.1) is 30.2 Å². The normalized spacial score (nSPS) is 13.9. The highest BCUT2D eigenvalue weighted by Gasteiger charge is 2.13. The van der Waals surface area contributed by atoms with Crippen LogP contribution in [0.1, 0.15) is 34.8 Å². The van der Waals surface area contributed by atoms with E-state index >= 15 is 0 Å². The molecular weight excluding hydrogens is 282 g/mol. The lowest BCUT2D eigenvalue weighted by Crippen LogP contribution is -2.28. The molecule has 0 saturated heterocycles. The van der Waals surface area contributed by atoms with Gasteiger partial charge < -0.3 is 15.2 Å². The van der Waals surface area contributed by atoms with Gasteiger partial charge in [0.25, 0.3) is 0 Å². The lowest BCUT2D eigenvalue weighted by molar-refractivity contribution is -0.121. The summed E-state index contributed by atoms with van der Waals surface area (Å²) in [7, 11) is 0. The topological polar surface area (TPSA) is 85.0 Å². The summed E-state index contributed by atoms with van der Waals surface area (Å²) in [5, 5.41) is 14.6. The summed E-state index contributed by atoms with van der Waals surface area (Å²) in [5.41, 5.74) is 3.97. The van der Waals surface area contributed by atoms with E-state index in [0.717, 1.165) is 42.3 Å². The molecule has 7 nitrogen and oxygen atoms in total. The molecule has 2 aromatic rings. The third-order valence-electron chi connectivity index (χ3n) is 3.97. The number of carbonyl (C=O) groups excluding carboxylic acids is 1. The van der Waals surface area contributed by atoms with E-state index in [-0.39, 0.29) is 5.91 Å². The molecule has 0 saturated carbocycles. The number of hydrogen-bond acceptors (Lipinski definition) is 5. The first-order valence-corrected chi connectivity index (χ1v) is 7.58. The second kappa shape index (κ2) is 6.31. The van der Waals surface area contributed by atoms with Gasteiger partial charge in [-0.3, -0.25) is 9.48 Å². The fraction of sp³-hybridized carbons (Fsp3) is 0.533. The van der Waals surface area contributed by atoms with Crippen LogP contribution >= 0.6 is 0 Å². The van der Waals surface area contributed by atoms with E-state index in [4.69, 9.17) is 4.52 Å². The van der Waals surface area contributed by atoms with Crippen molar-refractivity contribution in [2.75, 3.05) is 6.54 Å². The molecule has 0 atom stereocenters. The number of nitrogens with one attached hydrogen (secondary N) is 2. The van der Waals surface area contributed by atoms with E-state index in [9.17, 15) is 4.79 Å². The molecule has 0 aliphatic carbocycles. The Morgan fingerprint density at radius 1 is 1.50 bits per heavy atom. The average molecular weight is 303 g/mol.